The van der Waals surface area contributed by atoms with Crippen molar-refractivity contribution in [2.75, 3.05) is 0 Å². The summed E-state index contributed by atoms with van der Waals surface area (Å²) in [5.41, 5.74) is 6.38. The SMILES string of the molecule is CC1CC(C)CC(Oc2nccc(CN)n2)C1. The number of nitrogens with zero attached hydrogens (tertiary/aromatic N) is 2. The summed E-state index contributed by atoms with van der Waals surface area (Å²) < 4.78 is 5.86. The van der Waals surface area contributed by atoms with Crippen molar-refractivity contribution in [2.24, 2.45) is 17.6 Å². The van der Waals surface area contributed by atoms with Crippen molar-refractivity contribution in [3.8, 4) is 6.01 Å². The molecule has 0 radical (unpaired) electrons. The fraction of sp³-hybridized carbons (Fsp3) is 0.692. The number of hydrogen-bond donors (Lipinski definition) is 1. The van der Waals surface area contributed by atoms with Crippen LogP contribution in [-0.2, 0) is 6.54 Å². The van der Waals surface area contributed by atoms with Crippen LogP contribution in [0.15, 0.2) is 12.3 Å². The summed E-state index contributed by atoms with van der Waals surface area (Å²) in [6.45, 7) is 4.99. The predicted octanol–water partition coefficient (Wildman–Crippen LogP) is 2.14. The smallest absolute Gasteiger partial charge is 0.316 e. The molecule has 1 heterocycles. The van der Waals surface area contributed by atoms with Gasteiger partial charge in [-0.05, 0) is 37.2 Å². The molecule has 0 bridgehead atoms. The lowest BCUT2D eigenvalue weighted by molar-refractivity contribution is 0.0917. The Morgan fingerprint density at radius 1 is 1.29 bits per heavy atom. The molecule has 1 aliphatic carbocycles. The van der Waals surface area contributed by atoms with Crippen LogP contribution in [0.2, 0.25) is 0 Å². The average Bonchev–Trinajstić information content (AvgIpc) is 2.28. The molecule has 2 unspecified atom stereocenters. The second-order valence-electron chi connectivity index (χ2n) is 5.19. The van der Waals surface area contributed by atoms with Gasteiger partial charge in [-0.2, -0.15) is 4.98 Å². The fourth-order valence-corrected chi connectivity index (χ4v) is 2.66. The van der Waals surface area contributed by atoms with Gasteiger partial charge in [-0.3, -0.25) is 0 Å². The Kier molecular flexibility index (Phi) is 3.94. The Labute approximate surface area is 103 Å². The van der Waals surface area contributed by atoms with Crippen LogP contribution in [0.1, 0.15) is 38.8 Å². The zero-order valence-corrected chi connectivity index (χ0v) is 10.6. The first kappa shape index (κ1) is 12.3. The molecule has 0 aromatic carbocycles. The highest BCUT2D eigenvalue weighted by molar-refractivity contribution is 5.05. The van der Waals surface area contributed by atoms with Crippen molar-refractivity contribution >= 4 is 0 Å². The van der Waals surface area contributed by atoms with Crippen LogP contribution < -0.4 is 10.5 Å². The molecule has 1 aromatic heterocycles. The molecule has 0 aliphatic heterocycles. The van der Waals surface area contributed by atoms with Gasteiger partial charge in [0, 0.05) is 12.7 Å². The van der Waals surface area contributed by atoms with Crippen LogP contribution in [0, 0.1) is 11.8 Å². The third-order valence-electron chi connectivity index (χ3n) is 3.31. The van der Waals surface area contributed by atoms with Gasteiger partial charge in [0.1, 0.15) is 6.10 Å². The lowest BCUT2D eigenvalue weighted by Crippen LogP contribution is -2.29. The highest BCUT2D eigenvalue weighted by atomic mass is 16.5. The number of hydrogen-bond acceptors (Lipinski definition) is 4. The maximum atomic E-state index is 5.86. The topological polar surface area (TPSA) is 61.0 Å². The van der Waals surface area contributed by atoms with Gasteiger partial charge in [0.25, 0.3) is 0 Å². The maximum absolute atomic E-state index is 5.86. The van der Waals surface area contributed by atoms with Crippen molar-refractivity contribution in [3.05, 3.63) is 18.0 Å². The minimum absolute atomic E-state index is 0.252. The summed E-state index contributed by atoms with van der Waals surface area (Å²) in [7, 11) is 0. The molecule has 4 nitrogen and oxygen atoms in total. The van der Waals surface area contributed by atoms with Crippen molar-refractivity contribution in [1.82, 2.24) is 9.97 Å². The Hall–Kier alpha value is -1.16. The Balaban J connectivity index is 1.99. The van der Waals surface area contributed by atoms with E-state index in [4.69, 9.17) is 10.5 Å². The third-order valence-corrected chi connectivity index (χ3v) is 3.31. The van der Waals surface area contributed by atoms with E-state index in [1.165, 1.54) is 6.42 Å². The van der Waals surface area contributed by atoms with Gasteiger partial charge >= 0.3 is 6.01 Å². The van der Waals surface area contributed by atoms with Gasteiger partial charge in [0.2, 0.25) is 0 Å². The first-order valence-electron chi connectivity index (χ1n) is 6.36. The van der Waals surface area contributed by atoms with Gasteiger partial charge in [-0.15, -0.1) is 0 Å². The van der Waals surface area contributed by atoms with E-state index >= 15 is 0 Å². The standard InChI is InChI=1S/C13H21N3O/c1-9-5-10(2)7-12(6-9)17-13-15-4-3-11(8-14)16-13/h3-4,9-10,12H,5-8,14H2,1-2H3. The Morgan fingerprint density at radius 2 is 2.00 bits per heavy atom. The van der Waals surface area contributed by atoms with Crippen molar-refractivity contribution in [1.29, 1.82) is 0 Å². The van der Waals surface area contributed by atoms with Crippen LogP contribution in [0.5, 0.6) is 6.01 Å². The summed E-state index contributed by atoms with van der Waals surface area (Å²) >= 11 is 0. The van der Waals surface area contributed by atoms with Crippen LogP contribution >= 0.6 is 0 Å². The van der Waals surface area contributed by atoms with Gasteiger partial charge < -0.3 is 10.5 Å². The van der Waals surface area contributed by atoms with Crippen LogP contribution in [0.4, 0.5) is 0 Å². The number of aromatic nitrogens is 2. The van der Waals surface area contributed by atoms with E-state index in [1.54, 1.807) is 6.20 Å². The van der Waals surface area contributed by atoms with Crippen LogP contribution in [0.3, 0.4) is 0 Å². The minimum atomic E-state index is 0.252. The lowest BCUT2D eigenvalue weighted by Gasteiger charge is -2.30. The van der Waals surface area contributed by atoms with E-state index < -0.39 is 0 Å². The zero-order valence-electron chi connectivity index (χ0n) is 10.6. The van der Waals surface area contributed by atoms with E-state index in [9.17, 15) is 0 Å². The molecule has 2 rings (SSSR count). The average molecular weight is 235 g/mol. The van der Waals surface area contributed by atoms with E-state index in [1.807, 2.05) is 6.07 Å². The molecule has 94 valence electrons. The Morgan fingerprint density at radius 3 is 2.65 bits per heavy atom. The van der Waals surface area contributed by atoms with Crippen LogP contribution in [-0.4, -0.2) is 16.1 Å². The summed E-state index contributed by atoms with van der Waals surface area (Å²) in [5, 5.41) is 0. The monoisotopic (exact) mass is 235 g/mol. The van der Waals surface area contributed by atoms with E-state index in [0.717, 1.165) is 30.4 Å². The van der Waals surface area contributed by atoms with Crippen molar-refractivity contribution in [3.63, 3.8) is 0 Å². The molecular formula is C13H21N3O. The highest BCUT2D eigenvalue weighted by Crippen LogP contribution is 2.30. The third kappa shape index (κ3) is 3.40. The molecule has 0 amide bonds. The maximum Gasteiger partial charge on any atom is 0.316 e. The molecule has 2 atom stereocenters. The molecule has 4 heteroatoms. The molecule has 1 aliphatic rings. The summed E-state index contributed by atoms with van der Waals surface area (Å²) in [6, 6.07) is 2.29. The normalized spacial score (nSPS) is 29.0. The van der Waals surface area contributed by atoms with Crippen molar-refractivity contribution in [2.45, 2.75) is 45.8 Å². The van der Waals surface area contributed by atoms with Gasteiger partial charge in [0.05, 0.1) is 5.69 Å². The molecule has 0 saturated heterocycles. The molecule has 1 saturated carbocycles. The van der Waals surface area contributed by atoms with Gasteiger partial charge in [0.15, 0.2) is 0 Å². The van der Waals surface area contributed by atoms with Crippen LogP contribution in [0.25, 0.3) is 0 Å². The fourth-order valence-electron chi connectivity index (χ4n) is 2.66. The summed E-state index contributed by atoms with van der Waals surface area (Å²) in [5.74, 6) is 1.45. The highest BCUT2D eigenvalue weighted by Gasteiger charge is 2.25. The number of ether oxygens (including phenoxy) is 1. The quantitative estimate of drug-likeness (QED) is 0.872. The predicted molar refractivity (Wildman–Crippen MR) is 66.5 cm³/mol. The molecular weight excluding hydrogens is 214 g/mol. The second-order valence-corrected chi connectivity index (χ2v) is 5.19. The minimum Gasteiger partial charge on any atom is -0.460 e. The molecule has 1 aromatic rings. The Bertz CT molecular complexity index is 359. The summed E-state index contributed by atoms with van der Waals surface area (Å²) in [6.07, 6.45) is 5.45. The first-order chi connectivity index (χ1) is 8.17. The molecule has 2 N–H and O–H groups in total. The summed E-state index contributed by atoms with van der Waals surface area (Å²) in [4.78, 5) is 8.42. The molecule has 17 heavy (non-hydrogen) atoms. The zero-order chi connectivity index (χ0) is 12.3. The van der Waals surface area contributed by atoms with E-state index in [2.05, 4.69) is 23.8 Å². The largest absolute Gasteiger partial charge is 0.460 e. The molecule has 1 fully saturated rings. The van der Waals surface area contributed by atoms with Gasteiger partial charge in [-0.25, -0.2) is 4.98 Å². The lowest BCUT2D eigenvalue weighted by atomic mass is 9.82. The molecule has 0 spiro atoms. The first-order valence-corrected chi connectivity index (χ1v) is 6.36. The van der Waals surface area contributed by atoms with E-state index in [-0.39, 0.29) is 6.10 Å². The second kappa shape index (κ2) is 5.45. The number of rotatable bonds is 3. The van der Waals surface area contributed by atoms with Gasteiger partial charge in [-0.1, -0.05) is 13.8 Å². The van der Waals surface area contributed by atoms with Crippen molar-refractivity contribution < 1.29 is 4.74 Å². The number of nitrogens with two attached hydrogens (primary N) is 1. The van der Waals surface area contributed by atoms with E-state index in [0.29, 0.717) is 12.6 Å².